The largest absolute Gasteiger partial charge is 0.297 e. The molecule has 0 aliphatic heterocycles. The minimum absolute atomic E-state index is 0.0851. The van der Waals surface area contributed by atoms with E-state index in [0.29, 0.717) is 5.06 Å². The molecule has 0 aromatic rings. The van der Waals surface area contributed by atoms with Gasteiger partial charge in [-0.2, -0.15) is 5.06 Å². The molecular formula is C17H41N2O+. The van der Waals surface area contributed by atoms with Crippen LogP contribution in [0.1, 0.15) is 83.1 Å². The highest BCUT2D eigenvalue weighted by molar-refractivity contribution is 4.83. The van der Waals surface area contributed by atoms with Crippen LogP contribution in [-0.4, -0.2) is 39.3 Å². The first kappa shape index (κ1) is 22.2. The van der Waals surface area contributed by atoms with Gasteiger partial charge >= 0.3 is 0 Å². The Hall–Kier alpha value is -0.120. The molecule has 3 heteroatoms. The fraction of sp³-hybridized carbons (Fsp3) is 1.00. The summed E-state index contributed by atoms with van der Waals surface area (Å²) in [5, 5.41) is 10.2. The Morgan fingerprint density at radius 2 is 0.800 bits per heavy atom. The first-order chi connectivity index (χ1) is 8.31. The average molecular weight is 290 g/mol. The molecule has 0 bridgehead atoms. The van der Waals surface area contributed by atoms with Crippen LogP contribution in [0.5, 0.6) is 0 Å². The van der Waals surface area contributed by atoms with Gasteiger partial charge in [-0.1, -0.05) is 0 Å². The van der Waals surface area contributed by atoms with Crippen molar-refractivity contribution >= 4 is 0 Å². The van der Waals surface area contributed by atoms with Crippen molar-refractivity contribution in [2.45, 2.75) is 105 Å². The summed E-state index contributed by atoms with van der Waals surface area (Å²) in [6, 6.07) is 0. The third-order valence-electron chi connectivity index (χ3n) is 3.43. The van der Waals surface area contributed by atoms with E-state index in [0.717, 1.165) is 0 Å². The van der Waals surface area contributed by atoms with E-state index in [1.165, 1.54) is 0 Å². The average Bonchev–Trinajstić information content (AvgIpc) is 2.10. The second-order valence-corrected chi connectivity index (χ2v) is 9.75. The Morgan fingerprint density at radius 3 is 0.800 bits per heavy atom. The lowest BCUT2D eigenvalue weighted by atomic mass is 9.98. The smallest absolute Gasteiger partial charge is 0.119 e. The normalized spacial score (nSPS) is 14.4. The number of nitrogens with one attached hydrogen (secondary N) is 1. The summed E-state index contributed by atoms with van der Waals surface area (Å²) < 4.78 is 0. The summed E-state index contributed by atoms with van der Waals surface area (Å²) in [6.45, 7) is 25.5. The molecule has 3 nitrogen and oxygen atoms in total. The predicted octanol–water partition coefficient (Wildman–Crippen LogP) is 3.37. The van der Waals surface area contributed by atoms with Gasteiger partial charge in [0.25, 0.3) is 0 Å². The van der Waals surface area contributed by atoms with E-state index < -0.39 is 0 Å². The maximum atomic E-state index is 9.64. The highest BCUT2D eigenvalue weighted by Crippen LogP contribution is 2.21. The summed E-state index contributed by atoms with van der Waals surface area (Å²) in [5.74, 6) is 0. The van der Waals surface area contributed by atoms with Crippen molar-refractivity contribution in [1.82, 2.24) is 4.90 Å². The number of hydrogen-bond acceptors (Lipinski definition) is 2. The standard InChI is InChI=1S/C9H21N.C8H19NO/c1-8(2,3)10(7)9(4,5)6;1-7(2,3)9(10)8(4,5)6/h1-7H3;10H,1-6H3/p+1. The van der Waals surface area contributed by atoms with Crippen molar-refractivity contribution in [2.75, 3.05) is 7.05 Å². The van der Waals surface area contributed by atoms with Crippen molar-refractivity contribution in [3.8, 4) is 0 Å². The summed E-state index contributed by atoms with van der Waals surface area (Å²) in [6.07, 6.45) is 0. The molecule has 0 rings (SSSR count). The molecule has 0 atom stereocenters. The number of nitrogens with zero attached hydrogens (tertiary/aromatic N) is 1. The number of rotatable bonds is 0. The summed E-state index contributed by atoms with van der Waals surface area (Å²) >= 11 is 0. The molecule has 0 aromatic heterocycles. The summed E-state index contributed by atoms with van der Waals surface area (Å²) in [7, 11) is 2.17. The molecule has 0 unspecified atom stereocenters. The highest BCUT2D eigenvalue weighted by Gasteiger charge is 2.34. The quantitative estimate of drug-likeness (QED) is 0.669. The van der Waals surface area contributed by atoms with Crippen molar-refractivity contribution < 1.29 is 10.3 Å². The van der Waals surface area contributed by atoms with Crippen molar-refractivity contribution in [3.05, 3.63) is 0 Å². The summed E-state index contributed by atoms with van der Waals surface area (Å²) in [5.41, 5.74) is 0.382. The topological polar surface area (TPSA) is 27.9 Å². The molecule has 20 heavy (non-hydrogen) atoms. The predicted molar refractivity (Wildman–Crippen MR) is 89.5 cm³/mol. The van der Waals surface area contributed by atoms with Gasteiger partial charge in [0.05, 0.1) is 0 Å². The first-order valence-electron chi connectivity index (χ1n) is 7.62. The third-order valence-corrected chi connectivity index (χ3v) is 3.43. The van der Waals surface area contributed by atoms with Crippen molar-refractivity contribution in [1.29, 1.82) is 0 Å². The van der Waals surface area contributed by atoms with Crippen LogP contribution in [0.2, 0.25) is 0 Å². The van der Waals surface area contributed by atoms with Crippen LogP contribution < -0.4 is 5.06 Å². The Morgan fingerprint density at radius 1 is 0.600 bits per heavy atom. The van der Waals surface area contributed by atoms with E-state index >= 15 is 0 Å². The number of quaternary nitrogens is 1. The number of hydrogen-bond donors (Lipinski definition) is 2. The second-order valence-electron chi connectivity index (χ2n) is 9.75. The molecule has 2 N–H and O–H groups in total. The zero-order valence-corrected chi connectivity index (χ0v) is 16.4. The van der Waals surface area contributed by atoms with Gasteiger partial charge in [-0.05, 0) is 90.1 Å². The molecule has 0 saturated carbocycles. The molecular weight excluding hydrogens is 248 g/mol. The van der Waals surface area contributed by atoms with Gasteiger partial charge in [0, 0.05) is 11.1 Å². The van der Waals surface area contributed by atoms with Crippen LogP contribution >= 0.6 is 0 Å². The molecule has 124 valence electrons. The third kappa shape index (κ3) is 8.93. The minimum atomic E-state index is -0.0851. The maximum absolute atomic E-state index is 9.64. The SMILES string of the molecule is CC(C)(C)[NH+](O)C(C)(C)C.CN(C(C)(C)C)C(C)(C)C. The van der Waals surface area contributed by atoms with Crippen LogP contribution in [0.3, 0.4) is 0 Å². The maximum Gasteiger partial charge on any atom is 0.119 e. The lowest BCUT2D eigenvalue weighted by Gasteiger charge is -2.42. The van der Waals surface area contributed by atoms with E-state index in [4.69, 9.17) is 0 Å². The van der Waals surface area contributed by atoms with Crippen molar-refractivity contribution in [2.24, 2.45) is 0 Å². The van der Waals surface area contributed by atoms with E-state index in [2.05, 4.69) is 53.5 Å². The fourth-order valence-corrected chi connectivity index (χ4v) is 2.13. The van der Waals surface area contributed by atoms with Crippen LogP contribution in [0.4, 0.5) is 0 Å². The molecule has 0 aliphatic carbocycles. The molecule has 0 aliphatic rings. The van der Waals surface area contributed by atoms with Gasteiger partial charge in [0.2, 0.25) is 0 Å². The van der Waals surface area contributed by atoms with E-state index in [1.807, 2.05) is 41.5 Å². The molecule has 0 aromatic carbocycles. The van der Waals surface area contributed by atoms with Gasteiger partial charge in [0.15, 0.2) is 0 Å². The fourth-order valence-electron chi connectivity index (χ4n) is 2.13. The molecule has 0 amide bonds. The van der Waals surface area contributed by atoms with Gasteiger partial charge in [-0.3, -0.25) is 4.90 Å². The van der Waals surface area contributed by atoms with E-state index in [-0.39, 0.29) is 22.2 Å². The zero-order valence-electron chi connectivity index (χ0n) is 16.4. The monoisotopic (exact) mass is 289 g/mol. The molecule has 0 heterocycles. The second kappa shape index (κ2) is 6.76. The zero-order chi connectivity index (χ0) is 17.2. The van der Waals surface area contributed by atoms with Crippen LogP contribution in [0.25, 0.3) is 0 Å². The first-order valence-corrected chi connectivity index (χ1v) is 7.62. The molecule has 0 saturated heterocycles. The lowest BCUT2D eigenvalue weighted by molar-refractivity contribution is -1.16. The number of hydroxylamine groups is 2. The van der Waals surface area contributed by atoms with Crippen LogP contribution in [0, 0.1) is 0 Å². The molecule has 0 spiro atoms. The Kier molecular flexibility index (Phi) is 7.49. The van der Waals surface area contributed by atoms with E-state index in [1.54, 1.807) is 0 Å². The molecule has 0 radical (unpaired) electrons. The highest BCUT2D eigenvalue weighted by atomic mass is 16.5. The van der Waals surface area contributed by atoms with Crippen LogP contribution in [-0.2, 0) is 0 Å². The summed E-state index contributed by atoms with van der Waals surface area (Å²) in [4.78, 5) is 2.38. The lowest BCUT2D eigenvalue weighted by Crippen LogP contribution is -3.23. The van der Waals surface area contributed by atoms with Crippen LogP contribution in [0.15, 0.2) is 0 Å². The van der Waals surface area contributed by atoms with Gasteiger partial charge in [-0.15, -0.1) is 0 Å². The Balaban J connectivity index is 0. The Bertz CT molecular complexity index is 213. The van der Waals surface area contributed by atoms with E-state index in [9.17, 15) is 5.21 Å². The molecule has 0 fully saturated rings. The van der Waals surface area contributed by atoms with Gasteiger partial charge < -0.3 is 0 Å². The van der Waals surface area contributed by atoms with Crippen molar-refractivity contribution in [3.63, 3.8) is 0 Å². The minimum Gasteiger partial charge on any atom is -0.297 e. The Labute approximate surface area is 128 Å². The van der Waals surface area contributed by atoms with Gasteiger partial charge in [-0.25, -0.2) is 5.21 Å². The van der Waals surface area contributed by atoms with Gasteiger partial charge in [0.1, 0.15) is 11.1 Å².